The third kappa shape index (κ3) is 4.21. The third-order valence-electron chi connectivity index (χ3n) is 4.48. The van der Waals surface area contributed by atoms with Gasteiger partial charge in [-0.2, -0.15) is 0 Å². The molecule has 1 amide bonds. The van der Waals surface area contributed by atoms with Crippen LogP contribution in [0.2, 0.25) is 5.02 Å². The number of carbonyl (C=O) groups is 1. The van der Waals surface area contributed by atoms with Crippen molar-refractivity contribution in [2.45, 2.75) is 5.16 Å². The average molecular weight is 476 g/mol. The lowest BCUT2D eigenvalue weighted by Crippen LogP contribution is -2.23. The van der Waals surface area contributed by atoms with Gasteiger partial charge in [-0.25, -0.2) is 18.2 Å². The molecular weight excluding hydrogens is 463 g/mol. The van der Waals surface area contributed by atoms with E-state index in [1.165, 1.54) is 4.57 Å². The summed E-state index contributed by atoms with van der Waals surface area (Å²) >= 11 is 7.20. The molecule has 0 atom stereocenters. The molecule has 1 aromatic heterocycles. The Balaban J connectivity index is 1.68. The molecule has 0 saturated heterocycles. The number of halogens is 4. The molecule has 0 aliphatic carbocycles. The third-order valence-corrected chi connectivity index (χ3v) is 5.74. The van der Waals surface area contributed by atoms with Gasteiger partial charge in [-0.1, -0.05) is 47.6 Å². The predicted octanol–water partition coefficient (Wildman–Crippen LogP) is 5.19. The number of carbonyl (C=O) groups excluding carboxylic acids is 1. The number of hydrogen-bond acceptors (Lipinski definition) is 4. The van der Waals surface area contributed by atoms with Crippen molar-refractivity contribution in [3.63, 3.8) is 0 Å². The summed E-state index contributed by atoms with van der Waals surface area (Å²) in [5, 5.41) is 3.04. The number of para-hydroxylation sites is 2. The number of hydrogen-bond donors (Lipinski definition) is 1. The van der Waals surface area contributed by atoms with Crippen LogP contribution in [0.25, 0.3) is 16.6 Å². The zero-order valence-corrected chi connectivity index (χ0v) is 17.7. The molecule has 4 rings (SSSR count). The number of amides is 1. The van der Waals surface area contributed by atoms with Crippen molar-refractivity contribution < 1.29 is 18.0 Å². The lowest BCUT2D eigenvalue weighted by atomic mass is 10.2. The predicted molar refractivity (Wildman–Crippen MR) is 118 cm³/mol. The molecule has 0 bridgehead atoms. The molecule has 0 spiro atoms. The van der Waals surface area contributed by atoms with E-state index in [-0.39, 0.29) is 16.5 Å². The first kappa shape index (κ1) is 21.9. The summed E-state index contributed by atoms with van der Waals surface area (Å²) in [6.45, 7) is 0. The maximum Gasteiger partial charge on any atom is 0.266 e. The molecule has 0 saturated carbocycles. The molecule has 10 heteroatoms. The Bertz CT molecular complexity index is 1410. The fourth-order valence-corrected chi connectivity index (χ4v) is 4.02. The quantitative estimate of drug-likeness (QED) is 0.245. The van der Waals surface area contributed by atoms with Crippen LogP contribution in [0.5, 0.6) is 0 Å². The highest BCUT2D eigenvalue weighted by molar-refractivity contribution is 7.99. The molecule has 0 radical (unpaired) electrons. The van der Waals surface area contributed by atoms with E-state index in [0.717, 1.165) is 17.8 Å². The smallest absolute Gasteiger partial charge is 0.266 e. The van der Waals surface area contributed by atoms with Gasteiger partial charge in [0.25, 0.3) is 5.56 Å². The molecule has 0 unspecified atom stereocenters. The lowest BCUT2D eigenvalue weighted by Gasteiger charge is -2.14. The number of nitrogens with zero attached hydrogens (tertiary/aromatic N) is 2. The van der Waals surface area contributed by atoms with E-state index in [4.69, 9.17) is 11.6 Å². The van der Waals surface area contributed by atoms with E-state index in [1.807, 2.05) is 0 Å². The first-order valence-corrected chi connectivity index (χ1v) is 10.6. The Kier molecular flexibility index (Phi) is 6.20. The monoisotopic (exact) mass is 475 g/mol. The van der Waals surface area contributed by atoms with E-state index in [9.17, 15) is 22.8 Å². The number of benzene rings is 3. The minimum absolute atomic E-state index is 0.183. The summed E-state index contributed by atoms with van der Waals surface area (Å²) in [6.07, 6.45) is 0. The van der Waals surface area contributed by atoms with Crippen LogP contribution in [0.4, 0.5) is 18.9 Å². The summed E-state index contributed by atoms with van der Waals surface area (Å²) in [5.74, 6) is -5.53. The van der Waals surface area contributed by atoms with Gasteiger partial charge in [0.1, 0.15) is 0 Å². The van der Waals surface area contributed by atoms with Crippen LogP contribution in [-0.4, -0.2) is 21.2 Å². The van der Waals surface area contributed by atoms with E-state index in [1.54, 1.807) is 48.5 Å². The van der Waals surface area contributed by atoms with Crippen LogP contribution in [0.1, 0.15) is 0 Å². The second kappa shape index (κ2) is 9.05. The van der Waals surface area contributed by atoms with Crippen molar-refractivity contribution in [3.05, 3.63) is 93.5 Å². The summed E-state index contributed by atoms with van der Waals surface area (Å²) < 4.78 is 41.6. The van der Waals surface area contributed by atoms with Gasteiger partial charge in [0, 0.05) is 0 Å². The zero-order chi connectivity index (χ0) is 22.8. The fourth-order valence-electron chi connectivity index (χ4n) is 2.99. The van der Waals surface area contributed by atoms with Crippen molar-refractivity contribution in [1.82, 2.24) is 9.55 Å². The van der Waals surface area contributed by atoms with E-state index < -0.39 is 29.0 Å². The number of fused-ring (bicyclic) bond motifs is 1. The van der Waals surface area contributed by atoms with Crippen molar-refractivity contribution >= 4 is 45.9 Å². The van der Waals surface area contributed by atoms with Crippen molar-refractivity contribution in [3.8, 4) is 5.69 Å². The Morgan fingerprint density at radius 1 is 1.00 bits per heavy atom. The van der Waals surface area contributed by atoms with Crippen LogP contribution in [0.3, 0.4) is 0 Å². The lowest BCUT2D eigenvalue weighted by molar-refractivity contribution is -0.113. The molecule has 0 fully saturated rings. The van der Waals surface area contributed by atoms with Gasteiger partial charge in [0.05, 0.1) is 33.1 Å². The number of anilines is 1. The first-order chi connectivity index (χ1) is 15.4. The summed E-state index contributed by atoms with van der Waals surface area (Å²) in [6, 6.07) is 15.0. The van der Waals surface area contributed by atoms with Crippen LogP contribution >= 0.6 is 23.4 Å². The van der Waals surface area contributed by atoms with E-state index >= 15 is 0 Å². The van der Waals surface area contributed by atoms with Crippen LogP contribution in [-0.2, 0) is 4.79 Å². The number of thioether (sulfide) groups is 1. The topological polar surface area (TPSA) is 64.0 Å². The summed E-state index contributed by atoms with van der Waals surface area (Å²) in [4.78, 5) is 30.0. The Hall–Kier alpha value is -3.30. The first-order valence-electron chi connectivity index (χ1n) is 9.19. The van der Waals surface area contributed by atoms with Gasteiger partial charge in [-0.15, -0.1) is 0 Å². The highest BCUT2D eigenvalue weighted by Gasteiger charge is 2.18. The van der Waals surface area contributed by atoms with Crippen molar-refractivity contribution in [1.29, 1.82) is 0 Å². The second-order valence-electron chi connectivity index (χ2n) is 6.56. The second-order valence-corrected chi connectivity index (χ2v) is 7.91. The highest BCUT2D eigenvalue weighted by Crippen LogP contribution is 2.26. The largest absolute Gasteiger partial charge is 0.323 e. The summed E-state index contributed by atoms with van der Waals surface area (Å²) in [5.41, 5.74) is -0.0648. The van der Waals surface area contributed by atoms with Gasteiger partial charge in [0.15, 0.2) is 22.6 Å². The molecule has 1 N–H and O–H groups in total. The number of rotatable bonds is 5. The molecule has 1 heterocycles. The fraction of sp³-hybridized carbons (Fsp3) is 0.0455. The van der Waals surface area contributed by atoms with Gasteiger partial charge in [0.2, 0.25) is 5.91 Å². The van der Waals surface area contributed by atoms with Crippen LogP contribution in [0, 0.1) is 17.5 Å². The van der Waals surface area contributed by atoms with Gasteiger partial charge >= 0.3 is 0 Å². The van der Waals surface area contributed by atoms with E-state index in [2.05, 4.69) is 10.3 Å². The Labute approximate surface area is 188 Å². The van der Waals surface area contributed by atoms with Crippen LogP contribution in [0.15, 0.2) is 70.6 Å². The standard InChI is InChI=1S/C22H13ClF3N3O2S/c23-13-6-2-4-8-17(13)29-21(31)12-5-1-3-7-15(12)28-22(29)32-11-18(30)27-16-10-9-14(24)19(25)20(16)26/h1-10H,11H2,(H,27,30). The Morgan fingerprint density at radius 3 is 2.50 bits per heavy atom. The molecule has 32 heavy (non-hydrogen) atoms. The van der Waals surface area contributed by atoms with Crippen molar-refractivity contribution in [2.24, 2.45) is 0 Å². The summed E-state index contributed by atoms with van der Waals surface area (Å²) in [7, 11) is 0. The SMILES string of the molecule is O=C(CSc1nc2ccccc2c(=O)n1-c1ccccc1Cl)Nc1ccc(F)c(F)c1F. The molecule has 0 aliphatic rings. The van der Waals surface area contributed by atoms with Crippen molar-refractivity contribution in [2.75, 3.05) is 11.1 Å². The minimum atomic E-state index is -1.68. The maximum atomic E-state index is 13.8. The van der Waals surface area contributed by atoms with E-state index in [0.29, 0.717) is 27.7 Å². The molecule has 4 aromatic rings. The van der Waals surface area contributed by atoms with Gasteiger partial charge in [-0.05, 0) is 36.4 Å². The average Bonchev–Trinajstić information content (AvgIpc) is 2.79. The molecule has 162 valence electrons. The molecule has 5 nitrogen and oxygen atoms in total. The molecule has 3 aromatic carbocycles. The van der Waals surface area contributed by atoms with Crippen LogP contribution < -0.4 is 10.9 Å². The maximum absolute atomic E-state index is 13.8. The zero-order valence-electron chi connectivity index (χ0n) is 16.1. The minimum Gasteiger partial charge on any atom is -0.323 e. The highest BCUT2D eigenvalue weighted by atomic mass is 35.5. The molecular formula is C22H13ClF3N3O2S. The normalized spacial score (nSPS) is 11.0. The molecule has 0 aliphatic heterocycles. The van der Waals surface area contributed by atoms with Gasteiger partial charge < -0.3 is 5.32 Å². The number of nitrogens with one attached hydrogen (secondary N) is 1. The Morgan fingerprint density at radius 2 is 1.72 bits per heavy atom. The number of aromatic nitrogens is 2. The van der Waals surface area contributed by atoms with Gasteiger partial charge in [-0.3, -0.25) is 14.2 Å².